The molecule has 12 nitrogen and oxygen atoms in total. The largest absolute Gasteiger partial charge is 0.465 e. The number of nitrogens with one attached hydrogen (secondary N) is 1. The average Bonchev–Trinajstić information content (AvgIpc) is 3.39. The Morgan fingerprint density at radius 3 is 2.78 bits per heavy atom. The molecule has 13 heteroatoms. The number of halogens is 1. The fraction of sp³-hybridized carbons (Fsp3) is 0.391. The molecule has 0 aliphatic carbocycles. The topological polar surface area (TPSA) is 165 Å². The number of carboxylic acid groups (broad SMARTS) is 1. The molecule has 2 amide bonds. The molecule has 1 saturated heterocycles. The SMILES string of the molecule is CC(C)(C)C1C(n2nc(C(=O)Nc3nc4cc(Cl)ccc4o3)c3c(N)ncnc32)CCCN1C(=O)O. The zero-order valence-corrected chi connectivity index (χ0v) is 20.7. The van der Waals surface area contributed by atoms with Crippen molar-refractivity contribution in [2.75, 3.05) is 17.6 Å². The van der Waals surface area contributed by atoms with Crippen LogP contribution >= 0.6 is 11.6 Å². The molecule has 36 heavy (non-hydrogen) atoms. The summed E-state index contributed by atoms with van der Waals surface area (Å²) in [6.45, 7) is 6.36. The van der Waals surface area contributed by atoms with Gasteiger partial charge in [0.25, 0.3) is 5.91 Å². The molecule has 5 rings (SSSR count). The second-order valence-electron chi connectivity index (χ2n) is 9.83. The van der Waals surface area contributed by atoms with Crippen molar-refractivity contribution in [3.63, 3.8) is 0 Å². The van der Waals surface area contributed by atoms with E-state index in [0.29, 0.717) is 41.2 Å². The van der Waals surface area contributed by atoms with Gasteiger partial charge in [-0.3, -0.25) is 10.1 Å². The fourth-order valence-corrected chi connectivity index (χ4v) is 5.15. The molecular formula is C23H25ClN8O4. The zero-order chi connectivity index (χ0) is 25.8. The summed E-state index contributed by atoms with van der Waals surface area (Å²) in [7, 11) is 0. The summed E-state index contributed by atoms with van der Waals surface area (Å²) < 4.78 is 7.22. The molecule has 2 unspecified atom stereocenters. The molecule has 1 fully saturated rings. The van der Waals surface area contributed by atoms with E-state index in [9.17, 15) is 14.7 Å². The number of nitrogens with two attached hydrogens (primary N) is 1. The van der Waals surface area contributed by atoms with Crippen LogP contribution in [-0.4, -0.2) is 59.3 Å². The maximum Gasteiger partial charge on any atom is 0.407 e. The fourth-order valence-electron chi connectivity index (χ4n) is 4.99. The lowest BCUT2D eigenvalue weighted by Crippen LogP contribution is -2.54. The molecule has 0 bridgehead atoms. The van der Waals surface area contributed by atoms with E-state index in [-0.39, 0.29) is 29.0 Å². The van der Waals surface area contributed by atoms with E-state index in [1.165, 1.54) is 11.2 Å². The second-order valence-corrected chi connectivity index (χ2v) is 10.3. The van der Waals surface area contributed by atoms with Crippen molar-refractivity contribution in [3.8, 4) is 0 Å². The average molecular weight is 513 g/mol. The Morgan fingerprint density at radius 2 is 2.06 bits per heavy atom. The van der Waals surface area contributed by atoms with Crippen LogP contribution in [0, 0.1) is 5.41 Å². The molecule has 2 atom stereocenters. The molecule has 188 valence electrons. The summed E-state index contributed by atoms with van der Waals surface area (Å²) in [6, 6.07) is 4.11. The maximum atomic E-state index is 13.3. The van der Waals surface area contributed by atoms with Gasteiger partial charge in [0, 0.05) is 11.6 Å². The highest BCUT2D eigenvalue weighted by molar-refractivity contribution is 6.31. The number of nitrogen functional groups attached to an aromatic ring is 1. The zero-order valence-electron chi connectivity index (χ0n) is 19.9. The number of hydrogen-bond donors (Lipinski definition) is 3. The molecule has 0 saturated carbocycles. The van der Waals surface area contributed by atoms with Crippen molar-refractivity contribution in [1.82, 2.24) is 29.6 Å². The smallest absolute Gasteiger partial charge is 0.407 e. The van der Waals surface area contributed by atoms with Gasteiger partial charge >= 0.3 is 12.1 Å². The molecule has 0 radical (unpaired) electrons. The van der Waals surface area contributed by atoms with Gasteiger partial charge in [-0.05, 0) is 36.5 Å². The summed E-state index contributed by atoms with van der Waals surface area (Å²) in [5, 5.41) is 17.9. The Balaban J connectivity index is 1.58. The number of rotatable bonds is 3. The summed E-state index contributed by atoms with van der Waals surface area (Å²) in [6.07, 6.45) is 1.59. The number of anilines is 2. The Kier molecular flexibility index (Phi) is 5.70. The highest BCUT2D eigenvalue weighted by Gasteiger charge is 2.44. The van der Waals surface area contributed by atoms with Gasteiger partial charge in [-0.25, -0.2) is 19.4 Å². The summed E-state index contributed by atoms with van der Waals surface area (Å²) in [5.41, 5.74) is 7.03. The van der Waals surface area contributed by atoms with Crippen LogP contribution < -0.4 is 11.1 Å². The number of fused-ring (bicyclic) bond motifs is 2. The molecular weight excluding hydrogens is 488 g/mol. The van der Waals surface area contributed by atoms with Crippen molar-refractivity contribution in [3.05, 3.63) is 35.2 Å². The van der Waals surface area contributed by atoms with Crippen LogP contribution in [0.3, 0.4) is 0 Å². The normalized spacial score (nSPS) is 18.6. The van der Waals surface area contributed by atoms with Gasteiger partial charge in [0.05, 0.1) is 17.5 Å². The Bertz CT molecular complexity index is 1490. The molecule has 1 aromatic carbocycles. The first-order valence-corrected chi connectivity index (χ1v) is 11.8. The number of likely N-dealkylation sites (tertiary alicyclic amines) is 1. The minimum Gasteiger partial charge on any atom is -0.465 e. The third kappa shape index (κ3) is 4.06. The first-order valence-electron chi connectivity index (χ1n) is 11.4. The van der Waals surface area contributed by atoms with Crippen LogP contribution in [0.5, 0.6) is 0 Å². The number of nitrogens with zero attached hydrogens (tertiary/aromatic N) is 6. The van der Waals surface area contributed by atoms with E-state index in [1.54, 1.807) is 22.9 Å². The predicted octanol–water partition coefficient (Wildman–Crippen LogP) is 4.19. The van der Waals surface area contributed by atoms with Gasteiger partial charge in [0.2, 0.25) is 0 Å². The summed E-state index contributed by atoms with van der Waals surface area (Å²) in [4.78, 5) is 39.5. The van der Waals surface area contributed by atoms with Gasteiger partial charge in [-0.2, -0.15) is 10.1 Å². The molecule has 3 aromatic heterocycles. The van der Waals surface area contributed by atoms with Crippen molar-refractivity contribution in [2.24, 2.45) is 5.41 Å². The summed E-state index contributed by atoms with van der Waals surface area (Å²) in [5.74, 6) is -0.532. The van der Waals surface area contributed by atoms with E-state index in [0.717, 1.165) is 0 Å². The number of oxazole rings is 1. The van der Waals surface area contributed by atoms with Gasteiger partial charge in [-0.15, -0.1) is 0 Å². The van der Waals surface area contributed by atoms with Crippen LogP contribution in [0.2, 0.25) is 5.02 Å². The predicted molar refractivity (Wildman–Crippen MR) is 133 cm³/mol. The van der Waals surface area contributed by atoms with Crippen LogP contribution in [0.25, 0.3) is 22.1 Å². The third-order valence-corrected chi connectivity index (χ3v) is 6.58. The number of hydrogen-bond acceptors (Lipinski definition) is 8. The van der Waals surface area contributed by atoms with E-state index in [4.69, 9.17) is 21.8 Å². The van der Waals surface area contributed by atoms with Gasteiger partial charge in [-0.1, -0.05) is 32.4 Å². The first kappa shape index (κ1) is 23.8. The molecule has 1 aliphatic heterocycles. The molecule has 0 spiro atoms. The van der Waals surface area contributed by atoms with E-state index >= 15 is 0 Å². The van der Waals surface area contributed by atoms with Crippen LogP contribution in [-0.2, 0) is 0 Å². The lowest BCUT2D eigenvalue weighted by atomic mass is 9.77. The quantitative estimate of drug-likeness (QED) is 0.364. The minimum absolute atomic E-state index is 0.0107. The van der Waals surface area contributed by atoms with E-state index in [2.05, 4.69) is 25.4 Å². The Morgan fingerprint density at radius 1 is 1.28 bits per heavy atom. The van der Waals surface area contributed by atoms with Gasteiger partial charge in [0.1, 0.15) is 17.7 Å². The molecule has 4 heterocycles. The highest BCUT2D eigenvalue weighted by atomic mass is 35.5. The molecule has 4 aromatic rings. The van der Waals surface area contributed by atoms with Crippen molar-refractivity contribution in [1.29, 1.82) is 0 Å². The van der Waals surface area contributed by atoms with E-state index < -0.39 is 23.5 Å². The van der Waals surface area contributed by atoms with Crippen LogP contribution in [0.4, 0.5) is 16.6 Å². The second kappa shape index (κ2) is 8.63. The minimum atomic E-state index is -1.00. The third-order valence-electron chi connectivity index (χ3n) is 6.35. The van der Waals surface area contributed by atoms with Crippen molar-refractivity contribution >= 4 is 57.6 Å². The lowest BCUT2D eigenvalue weighted by Gasteiger charge is -2.46. The van der Waals surface area contributed by atoms with Crippen LogP contribution in [0.15, 0.2) is 28.9 Å². The van der Waals surface area contributed by atoms with E-state index in [1.807, 2.05) is 20.8 Å². The number of amides is 2. The first-order chi connectivity index (χ1) is 17.0. The summed E-state index contributed by atoms with van der Waals surface area (Å²) >= 11 is 6.01. The number of piperidine rings is 1. The highest BCUT2D eigenvalue weighted by Crippen LogP contribution is 2.40. The standard InChI is InChI=1S/C23H25ClN8O4/c1-23(2,3)17-13(5-4-8-31(17)22(34)35)32-19-15(18(25)26-10-27-19)16(30-32)20(33)29-21-28-12-9-11(24)6-7-14(12)36-21/h6-7,9-10,13,17H,4-5,8H2,1-3H3,(H,34,35)(H2,25,26,27)(H,28,29,33). The monoisotopic (exact) mass is 512 g/mol. The van der Waals surface area contributed by atoms with Crippen molar-refractivity contribution in [2.45, 2.75) is 45.7 Å². The van der Waals surface area contributed by atoms with Gasteiger partial charge < -0.3 is 20.2 Å². The maximum absolute atomic E-state index is 13.3. The van der Waals surface area contributed by atoms with Gasteiger partial charge in [0.15, 0.2) is 16.9 Å². The molecule has 1 aliphatic rings. The molecule has 4 N–H and O–H groups in total. The van der Waals surface area contributed by atoms with Crippen molar-refractivity contribution < 1.29 is 19.1 Å². The number of aromatic nitrogens is 5. The number of benzene rings is 1. The lowest BCUT2D eigenvalue weighted by molar-refractivity contribution is 0.0247. The number of carbonyl (C=O) groups excluding carboxylic acids is 1. The Hall–Kier alpha value is -3.93. The number of carbonyl (C=O) groups is 2. The Labute approximate surface area is 210 Å². The van der Waals surface area contributed by atoms with Crippen LogP contribution in [0.1, 0.15) is 50.1 Å².